The number of anilines is 1. The Kier molecular flexibility index (Phi) is 5.88. The number of carbonyl (C=O) groups is 1. The lowest BCUT2D eigenvalue weighted by atomic mass is 9.94. The molecule has 2 atom stereocenters. The molecule has 1 fully saturated rings. The number of aromatic nitrogens is 4. The molecule has 2 aliphatic rings. The summed E-state index contributed by atoms with van der Waals surface area (Å²) in [4.78, 5) is 24.4. The number of hydrogen-bond acceptors (Lipinski definition) is 7. The Hall–Kier alpha value is -4.14. The Labute approximate surface area is 209 Å². The number of para-hydroxylation sites is 2. The van der Waals surface area contributed by atoms with Crippen LogP contribution in [0.25, 0.3) is 5.65 Å². The number of piperidine rings is 1. The molecule has 36 heavy (non-hydrogen) atoms. The van der Waals surface area contributed by atoms with Gasteiger partial charge in [0.15, 0.2) is 17.1 Å². The second-order valence-corrected chi connectivity index (χ2v) is 9.33. The van der Waals surface area contributed by atoms with Crippen molar-refractivity contribution < 1.29 is 14.3 Å². The van der Waals surface area contributed by atoms with Gasteiger partial charge in [-0.25, -0.2) is 4.98 Å². The highest BCUT2D eigenvalue weighted by Crippen LogP contribution is 2.33. The zero-order valence-corrected chi connectivity index (χ0v) is 20.1. The van der Waals surface area contributed by atoms with Crippen LogP contribution in [0.15, 0.2) is 61.1 Å². The minimum Gasteiger partial charge on any atom is -0.485 e. The Morgan fingerprint density at radius 2 is 2.06 bits per heavy atom. The minimum atomic E-state index is -0.636. The van der Waals surface area contributed by atoms with Crippen LogP contribution in [0, 0.1) is 6.92 Å². The number of nitrogens with zero attached hydrogens (tertiary/aromatic N) is 5. The summed E-state index contributed by atoms with van der Waals surface area (Å²) in [7, 11) is 0. The fourth-order valence-corrected chi connectivity index (χ4v) is 4.89. The monoisotopic (exact) mass is 484 g/mol. The molecule has 5 heterocycles. The standard InChI is InChI=1S/C27H28N6O3/c1-18-13-30-33-25(29-15-19-6-4-10-28-14-19)12-21(31-26(18)33)20-7-5-11-32(16-20)27(34)24-17-35-22-8-2-3-9-23(22)36-24/h2-4,6,8-10,12-14,20,24,29H,5,7,11,15-17H2,1H3. The summed E-state index contributed by atoms with van der Waals surface area (Å²) < 4.78 is 13.6. The number of rotatable bonds is 5. The average molecular weight is 485 g/mol. The molecule has 1 aromatic carbocycles. The van der Waals surface area contributed by atoms with E-state index < -0.39 is 6.10 Å². The van der Waals surface area contributed by atoms with Gasteiger partial charge in [-0.2, -0.15) is 9.61 Å². The van der Waals surface area contributed by atoms with E-state index in [1.807, 2.05) is 65.1 Å². The van der Waals surface area contributed by atoms with Gasteiger partial charge in [0.05, 0.1) is 11.9 Å². The summed E-state index contributed by atoms with van der Waals surface area (Å²) in [5.74, 6) is 2.25. The minimum absolute atomic E-state index is 0.0364. The lowest BCUT2D eigenvalue weighted by Gasteiger charge is -2.36. The van der Waals surface area contributed by atoms with Crippen LogP contribution < -0.4 is 14.8 Å². The summed E-state index contributed by atoms with van der Waals surface area (Å²) in [5.41, 5.74) is 3.88. The molecule has 6 rings (SSSR count). The van der Waals surface area contributed by atoms with E-state index in [9.17, 15) is 4.79 Å². The van der Waals surface area contributed by atoms with Crippen LogP contribution in [0.3, 0.4) is 0 Å². The number of benzene rings is 1. The average Bonchev–Trinajstić information content (AvgIpc) is 3.32. The maximum absolute atomic E-state index is 13.4. The normalized spacial score (nSPS) is 19.3. The summed E-state index contributed by atoms with van der Waals surface area (Å²) in [6.45, 7) is 4.16. The molecule has 0 spiro atoms. The molecule has 2 unspecified atom stereocenters. The largest absolute Gasteiger partial charge is 0.485 e. The van der Waals surface area contributed by atoms with Crippen molar-refractivity contribution in [3.05, 3.63) is 77.9 Å². The molecule has 1 amide bonds. The third-order valence-corrected chi connectivity index (χ3v) is 6.80. The van der Waals surface area contributed by atoms with Gasteiger partial charge in [-0.1, -0.05) is 18.2 Å². The van der Waals surface area contributed by atoms with Gasteiger partial charge in [-0.15, -0.1) is 0 Å². The highest BCUT2D eigenvalue weighted by molar-refractivity contribution is 5.82. The first-order valence-electron chi connectivity index (χ1n) is 12.3. The molecule has 0 bridgehead atoms. The molecular formula is C27H28N6O3. The number of ether oxygens (including phenoxy) is 2. The second kappa shape index (κ2) is 9.49. The molecule has 0 aliphatic carbocycles. The van der Waals surface area contributed by atoms with Crippen molar-refractivity contribution in [1.82, 2.24) is 24.5 Å². The van der Waals surface area contributed by atoms with E-state index in [2.05, 4.69) is 21.5 Å². The van der Waals surface area contributed by atoms with Crippen LogP contribution in [-0.2, 0) is 11.3 Å². The molecule has 3 aromatic heterocycles. The number of likely N-dealkylation sites (tertiary alicyclic amines) is 1. The van der Waals surface area contributed by atoms with Crippen molar-refractivity contribution in [3.63, 3.8) is 0 Å². The zero-order valence-electron chi connectivity index (χ0n) is 20.1. The third-order valence-electron chi connectivity index (χ3n) is 6.80. The maximum atomic E-state index is 13.4. The number of nitrogens with one attached hydrogen (secondary N) is 1. The van der Waals surface area contributed by atoms with Crippen LogP contribution in [0.4, 0.5) is 5.82 Å². The molecule has 0 radical (unpaired) electrons. The SMILES string of the molecule is Cc1cnn2c(NCc3cccnc3)cc(C3CCCN(C(=O)C4COc5ccccc5O4)C3)nc12. The van der Waals surface area contributed by atoms with Gasteiger partial charge in [0, 0.05) is 49.6 Å². The van der Waals surface area contributed by atoms with Crippen molar-refractivity contribution >= 4 is 17.4 Å². The molecule has 2 aliphatic heterocycles. The van der Waals surface area contributed by atoms with Gasteiger partial charge < -0.3 is 19.7 Å². The van der Waals surface area contributed by atoms with Crippen molar-refractivity contribution in [3.8, 4) is 11.5 Å². The van der Waals surface area contributed by atoms with Crippen LogP contribution in [0.5, 0.6) is 11.5 Å². The number of pyridine rings is 1. The van der Waals surface area contributed by atoms with Crippen LogP contribution in [-0.4, -0.2) is 56.2 Å². The highest BCUT2D eigenvalue weighted by atomic mass is 16.6. The Morgan fingerprint density at radius 3 is 2.92 bits per heavy atom. The molecule has 1 N–H and O–H groups in total. The first-order chi connectivity index (χ1) is 17.7. The van der Waals surface area contributed by atoms with Crippen molar-refractivity contribution in [2.45, 2.75) is 38.3 Å². The molecule has 4 aromatic rings. The molecule has 9 heteroatoms. The fourth-order valence-electron chi connectivity index (χ4n) is 4.89. The Balaban J connectivity index is 1.22. The van der Waals surface area contributed by atoms with Crippen LogP contribution in [0.2, 0.25) is 0 Å². The van der Waals surface area contributed by atoms with Gasteiger partial charge in [0.1, 0.15) is 12.4 Å². The number of fused-ring (bicyclic) bond motifs is 2. The van der Waals surface area contributed by atoms with E-state index in [1.165, 1.54) is 0 Å². The maximum Gasteiger partial charge on any atom is 0.267 e. The lowest BCUT2D eigenvalue weighted by Crippen LogP contribution is -2.49. The number of carbonyl (C=O) groups excluding carboxylic acids is 1. The predicted octanol–water partition coefficient (Wildman–Crippen LogP) is 3.59. The highest BCUT2D eigenvalue weighted by Gasteiger charge is 2.34. The van der Waals surface area contributed by atoms with Crippen molar-refractivity contribution in [1.29, 1.82) is 0 Å². The van der Waals surface area contributed by atoms with E-state index in [1.54, 1.807) is 6.20 Å². The first-order valence-corrected chi connectivity index (χ1v) is 12.3. The van der Waals surface area contributed by atoms with Crippen molar-refractivity contribution in [2.24, 2.45) is 0 Å². The van der Waals surface area contributed by atoms with Gasteiger partial charge in [-0.3, -0.25) is 9.78 Å². The van der Waals surface area contributed by atoms with E-state index in [0.29, 0.717) is 31.1 Å². The Morgan fingerprint density at radius 1 is 1.17 bits per heavy atom. The number of aryl methyl sites for hydroxylation is 1. The summed E-state index contributed by atoms with van der Waals surface area (Å²) in [5, 5.41) is 8.02. The van der Waals surface area contributed by atoms with Gasteiger partial charge in [0.2, 0.25) is 6.10 Å². The quantitative estimate of drug-likeness (QED) is 0.463. The Bertz CT molecular complexity index is 1390. The fraction of sp³-hybridized carbons (Fsp3) is 0.333. The van der Waals surface area contributed by atoms with E-state index in [-0.39, 0.29) is 18.4 Å². The van der Waals surface area contributed by atoms with Gasteiger partial charge in [0.25, 0.3) is 5.91 Å². The van der Waals surface area contributed by atoms with Crippen molar-refractivity contribution in [2.75, 3.05) is 25.0 Å². The zero-order chi connectivity index (χ0) is 24.5. The summed E-state index contributed by atoms with van der Waals surface area (Å²) >= 11 is 0. The van der Waals surface area contributed by atoms with E-state index in [0.717, 1.165) is 41.1 Å². The van der Waals surface area contributed by atoms with Gasteiger partial charge in [-0.05, 0) is 43.5 Å². The van der Waals surface area contributed by atoms with Crippen LogP contribution in [0.1, 0.15) is 35.6 Å². The molecular weight excluding hydrogens is 456 g/mol. The summed E-state index contributed by atoms with van der Waals surface area (Å²) in [6.07, 6.45) is 6.68. The van der Waals surface area contributed by atoms with E-state index in [4.69, 9.17) is 14.5 Å². The predicted molar refractivity (Wildman–Crippen MR) is 134 cm³/mol. The molecule has 1 saturated heterocycles. The van der Waals surface area contributed by atoms with E-state index >= 15 is 0 Å². The lowest BCUT2D eigenvalue weighted by molar-refractivity contribution is -0.142. The number of amides is 1. The van der Waals surface area contributed by atoms with Crippen LogP contribution >= 0.6 is 0 Å². The molecule has 0 saturated carbocycles. The molecule has 9 nitrogen and oxygen atoms in total. The smallest absolute Gasteiger partial charge is 0.267 e. The molecule has 184 valence electrons. The third kappa shape index (κ3) is 4.32. The summed E-state index contributed by atoms with van der Waals surface area (Å²) in [6, 6.07) is 13.5. The topological polar surface area (TPSA) is 93.9 Å². The first kappa shape index (κ1) is 22.3. The second-order valence-electron chi connectivity index (χ2n) is 9.33. The number of hydrogen-bond donors (Lipinski definition) is 1. The van der Waals surface area contributed by atoms with Gasteiger partial charge >= 0.3 is 0 Å².